The number of benzene rings is 1. The van der Waals surface area contributed by atoms with Crippen molar-refractivity contribution < 1.29 is 24.2 Å². The van der Waals surface area contributed by atoms with Gasteiger partial charge in [0, 0.05) is 12.3 Å². The van der Waals surface area contributed by atoms with Crippen LogP contribution in [0.1, 0.15) is 28.4 Å². The zero-order valence-corrected chi connectivity index (χ0v) is 9.45. The number of carbonyl (C=O) groups is 2. The lowest BCUT2D eigenvalue weighted by molar-refractivity contribution is -0.146. The van der Waals surface area contributed by atoms with E-state index in [4.69, 9.17) is 16.7 Å². The van der Waals surface area contributed by atoms with Gasteiger partial charge in [0.05, 0.1) is 5.56 Å². The normalized spacial score (nSPS) is 12.2. The molecule has 17 heavy (non-hydrogen) atoms. The Bertz CT molecular complexity index is 447. The molecule has 0 aliphatic carbocycles. The second kappa shape index (κ2) is 5.75. The zero-order chi connectivity index (χ0) is 13.0. The molecule has 0 radical (unpaired) electrons. The van der Waals surface area contributed by atoms with E-state index in [0.29, 0.717) is 0 Å². The van der Waals surface area contributed by atoms with E-state index < -0.39 is 23.7 Å². The molecule has 0 heterocycles. The lowest BCUT2D eigenvalue weighted by Crippen LogP contribution is -2.12. The van der Waals surface area contributed by atoms with Crippen molar-refractivity contribution in [1.82, 2.24) is 0 Å². The number of rotatable bonds is 5. The molecule has 1 unspecified atom stereocenters. The molecular weight excluding hydrogens is 251 g/mol. The first-order valence-corrected chi connectivity index (χ1v) is 5.30. The average molecular weight is 261 g/mol. The Kier molecular flexibility index (Phi) is 4.60. The third-order valence-corrected chi connectivity index (χ3v) is 2.35. The van der Waals surface area contributed by atoms with Gasteiger partial charge < -0.3 is 10.2 Å². The third-order valence-electron chi connectivity index (χ3n) is 2.16. The summed E-state index contributed by atoms with van der Waals surface area (Å²) in [5.74, 6) is -2.71. The van der Waals surface area contributed by atoms with Crippen LogP contribution in [0.5, 0.6) is 0 Å². The van der Waals surface area contributed by atoms with E-state index in [0.717, 1.165) is 18.2 Å². The maximum Gasteiger partial charge on any atom is 0.337 e. The summed E-state index contributed by atoms with van der Waals surface area (Å²) in [6, 6.07) is 3.09. The highest BCUT2D eigenvalue weighted by molar-refractivity contribution is 6.19. The lowest BCUT2D eigenvalue weighted by atomic mass is 10.0. The van der Waals surface area contributed by atoms with Crippen molar-refractivity contribution in [3.8, 4) is 0 Å². The predicted molar refractivity (Wildman–Crippen MR) is 58.7 cm³/mol. The van der Waals surface area contributed by atoms with Crippen LogP contribution in [0.2, 0.25) is 0 Å². The van der Waals surface area contributed by atoms with E-state index in [1.807, 2.05) is 0 Å². The van der Waals surface area contributed by atoms with Gasteiger partial charge in [0.15, 0.2) is 11.9 Å². The zero-order valence-electron chi connectivity index (χ0n) is 8.69. The molecule has 4 nitrogen and oxygen atoms in total. The van der Waals surface area contributed by atoms with Gasteiger partial charge in [0.2, 0.25) is 0 Å². The van der Waals surface area contributed by atoms with Gasteiger partial charge in [0.25, 0.3) is 0 Å². The number of halogens is 2. The topological polar surface area (TPSA) is 74.6 Å². The molecule has 92 valence electrons. The quantitative estimate of drug-likeness (QED) is 0.625. The highest BCUT2D eigenvalue weighted by Crippen LogP contribution is 2.18. The second-order valence-corrected chi connectivity index (χ2v) is 3.72. The van der Waals surface area contributed by atoms with Crippen molar-refractivity contribution >= 4 is 23.4 Å². The van der Waals surface area contributed by atoms with Crippen LogP contribution in [0.25, 0.3) is 0 Å². The fourth-order valence-electron chi connectivity index (χ4n) is 1.29. The van der Waals surface area contributed by atoms with Gasteiger partial charge in [-0.25, -0.2) is 9.18 Å². The van der Waals surface area contributed by atoms with Gasteiger partial charge >= 0.3 is 5.97 Å². The van der Waals surface area contributed by atoms with E-state index in [1.165, 1.54) is 0 Å². The molecule has 1 aromatic rings. The molecule has 0 aromatic heterocycles. The van der Waals surface area contributed by atoms with E-state index in [2.05, 4.69) is 0 Å². The standard InChI is InChI=1S/C11H10ClFO4/c12-4-3-9(14)7-5-6(1-2-8(7)13)10(15)11(16)17/h1-2,5,10,15H,3-4H2,(H,16,17). The van der Waals surface area contributed by atoms with Crippen LogP contribution in [0.4, 0.5) is 4.39 Å². The summed E-state index contributed by atoms with van der Waals surface area (Å²) in [7, 11) is 0. The van der Waals surface area contributed by atoms with E-state index in [9.17, 15) is 19.1 Å². The van der Waals surface area contributed by atoms with Crippen molar-refractivity contribution in [1.29, 1.82) is 0 Å². The van der Waals surface area contributed by atoms with Gasteiger partial charge in [-0.2, -0.15) is 0 Å². The molecule has 0 bridgehead atoms. The summed E-state index contributed by atoms with van der Waals surface area (Å²) >= 11 is 5.36. The summed E-state index contributed by atoms with van der Waals surface area (Å²) < 4.78 is 13.3. The number of hydrogen-bond donors (Lipinski definition) is 2. The van der Waals surface area contributed by atoms with Crippen molar-refractivity contribution in [2.45, 2.75) is 12.5 Å². The number of carboxylic acids is 1. The summed E-state index contributed by atoms with van der Waals surface area (Å²) in [5.41, 5.74) is -0.305. The minimum absolute atomic E-state index is 0.0446. The fourth-order valence-corrected chi connectivity index (χ4v) is 1.46. The van der Waals surface area contributed by atoms with E-state index in [-0.39, 0.29) is 23.4 Å². The van der Waals surface area contributed by atoms with Gasteiger partial charge in [-0.05, 0) is 17.7 Å². The average Bonchev–Trinajstić information content (AvgIpc) is 2.28. The van der Waals surface area contributed by atoms with Crippen molar-refractivity contribution in [2.24, 2.45) is 0 Å². The molecule has 0 aliphatic rings. The molecule has 1 aromatic carbocycles. The van der Waals surface area contributed by atoms with Crippen LogP contribution in [0.15, 0.2) is 18.2 Å². The van der Waals surface area contributed by atoms with Crippen LogP contribution in [0.3, 0.4) is 0 Å². The molecular formula is C11H10ClFO4. The predicted octanol–water partition coefficient (Wildman–Crippen LogP) is 1.76. The lowest BCUT2D eigenvalue weighted by Gasteiger charge is -2.08. The first-order valence-electron chi connectivity index (χ1n) is 4.77. The van der Waals surface area contributed by atoms with Crippen LogP contribution >= 0.6 is 11.6 Å². The Morgan fingerprint density at radius 3 is 2.59 bits per heavy atom. The van der Waals surface area contributed by atoms with Crippen LogP contribution in [-0.2, 0) is 4.79 Å². The minimum Gasteiger partial charge on any atom is -0.479 e. The maximum absolute atomic E-state index is 13.3. The number of carboxylic acid groups (broad SMARTS) is 1. The Balaban J connectivity index is 3.10. The Labute approximate surface area is 102 Å². The smallest absolute Gasteiger partial charge is 0.337 e. The first kappa shape index (κ1) is 13.6. The molecule has 0 amide bonds. The molecule has 0 spiro atoms. The third kappa shape index (κ3) is 3.25. The summed E-state index contributed by atoms with van der Waals surface area (Å²) in [5, 5.41) is 17.9. The van der Waals surface area contributed by atoms with Crippen molar-refractivity contribution in [2.75, 3.05) is 5.88 Å². The maximum atomic E-state index is 13.3. The van der Waals surface area contributed by atoms with E-state index >= 15 is 0 Å². The second-order valence-electron chi connectivity index (χ2n) is 3.34. The molecule has 0 saturated carbocycles. The Morgan fingerprint density at radius 1 is 1.41 bits per heavy atom. The van der Waals surface area contributed by atoms with Crippen LogP contribution in [0, 0.1) is 5.82 Å². The van der Waals surface area contributed by atoms with Crippen LogP contribution in [-0.4, -0.2) is 27.8 Å². The molecule has 0 saturated heterocycles. The number of hydrogen-bond acceptors (Lipinski definition) is 3. The van der Waals surface area contributed by atoms with Gasteiger partial charge in [0.1, 0.15) is 5.82 Å². The minimum atomic E-state index is -1.78. The molecule has 2 N–H and O–H groups in total. The van der Waals surface area contributed by atoms with E-state index in [1.54, 1.807) is 0 Å². The summed E-state index contributed by atoms with van der Waals surface area (Å²) in [4.78, 5) is 22.0. The number of Topliss-reactive ketones (excluding diaryl/α,β-unsaturated/α-hetero) is 1. The number of aliphatic hydroxyl groups is 1. The Hall–Kier alpha value is -1.46. The number of alkyl halides is 1. The van der Waals surface area contributed by atoms with Gasteiger partial charge in [-0.1, -0.05) is 6.07 Å². The van der Waals surface area contributed by atoms with Crippen LogP contribution < -0.4 is 0 Å². The molecule has 0 fully saturated rings. The number of aliphatic carboxylic acids is 1. The molecule has 6 heteroatoms. The summed E-state index contributed by atoms with van der Waals surface area (Å²) in [6.45, 7) is 0. The summed E-state index contributed by atoms with van der Waals surface area (Å²) in [6.07, 6.45) is -1.83. The number of carbonyl (C=O) groups excluding carboxylic acids is 1. The number of aliphatic hydroxyl groups excluding tert-OH is 1. The van der Waals surface area contributed by atoms with Gasteiger partial charge in [-0.3, -0.25) is 4.79 Å². The highest BCUT2D eigenvalue weighted by Gasteiger charge is 2.19. The monoisotopic (exact) mass is 260 g/mol. The van der Waals surface area contributed by atoms with Gasteiger partial charge in [-0.15, -0.1) is 11.6 Å². The van der Waals surface area contributed by atoms with Crippen molar-refractivity contribution in [3.63, 3.8) is 0 Å². The fraction of sp³-hybridized carbons (Fsp3) is 0.273. The molecule has 1 atom stereocenters. The first-order chi connectivity index (χ1) is 7.97. The SMILES string of the molecule is O=C(CCCl)c1cc(C(O)C(=O)O)ccc1F. The molecule has 0 aliphatic heterocycles. The molecule has 1 rings (SSSR count). The number of ketones is 1. The largest absolute Gasteiger partial charge is 0.479 e. The Morgan fingerprint density at radius 2 is 2.06 bits per heavy atom. The van der Waals surface area contributed by atoms with Crippen molar-refractivity contribution in [3.05, 3.63) is 35.1 Å². The highest BCUT2D eigenvalue weighted by atomic mass is 35.5.